The summed E-state index contributed by atoms with van der Waals surface area (Å²) in [5.74, 6) is -1.37. The first-order chi connectivity index (χ1) is 9.86. The minimum Gasteiger partial charge on any atom is -0.481 e. The van der Waals surface area contributed by atoms with Gasteiger partial charge in [-0.2, -0.15) is 0 Å². The van der Waals surface area contributed by atoms with Crippen LogP contribution in [0, 0.1) is 5.41 Å². The Labute approximate surface area is 127 Å². The van der Waals surface area contributed by atoms with Gasteiger partial charge < -0.3 is 15.2 Å². The third-order valence-corrected chi connectivity index (χ3v) is 3.91. The molecule has 0 saturated carbocycles. The van der Waals surface area contributed by atoms with Crippen molar-refractivity contribution in [2.75, 3.05) is 13.2 Å². The van der Waals surface area contributed by atoms with E-state index in [1.54, 1.807) is 13.0 Å². The number of aliphatic carboxylic acids is 1. The highest BCUT2D eigenvalue weighted by Crippen LogP contribution is 2.29. The molecule has 1 aliphatic rings. The van der Waals surface area contributed by atoms with Gasteiger partial charge in [-0.05, 0) is 25.5 Å². The molecule has 0 radical (unpaired) electrons. The van der Waals surface area contributed by atoms with Crippen LogP contribution in [0.5, 0.6) is 0 Å². The molecule has 1 saturated heterocycles. The Morgan fingerprint density at radius 3 is 2.90 bits per heavy atom. The molecule has 1 aromatic heterocycles. The maximum absolute atomic E-state index is 12.3. The van der Waals surface area contributed by atoms with Crippen LogP contribution in [0.4, 0.5) is 0 Å². The standard InChI is InChI=1S/C14H17ClN2O4/c1-3-9-4-8(5-11(15)16-9)12(18)17-10-6-21-7-14(10,2)13(19)20/h4-5,10H,3,6-7H2,1-2H3,(H,17,18)(H,19,20). The van der Waals surface area contributed by atoms with Crippen molar-refractivity contribution in [1.29, 1.82) is 0 Å². The first-order valence-electron chi connectivity index (χ1n) is 6.65. The maximum Gasteiger partial charge on any atom is 0.313 e. The number of pyridine rings is 1. The van der Waals surface area contributed by atoms with E-state index in [4.69, 9.17) is 16.3 Å². The van der Waals surface area contributed by atoms with E-state index in [1.807, 2.05) is 6.92 Å². The molecule has 1 fully saturated rings. The van der Waals surface area contributed by atoms with Gasteiger partial charge in [0.2, 0.25) is 0 Å². The third-order valence-electron chi connectivity index (χ3n) is 3.72. The summed E-state index contributed by atoms with van der Waals surface area (Å²) in [6, 6.07) is 2.53. The SMILES string of the molecule is CCc1cc(C(=O)NC2COCC2(C)C(=O)O)cc(Cl)n1. The summed E-state index contributed by atoms with van der Waals surface area (Å²) in [7, 11) is 0. The molecular weight excluding hydrogens is 296 g/mol. The van der Waals surface area contributed by atoms with Gasteiger partial charge in [-0.15, -0.1) is 0 Å². The van der Waals surface area contributed by atoms with Gasteiger partial charge in [0.1, 0.15) is 10.6 Å². The molecule has 114 valence electrons. The van der Waals surface area contributed by atoms with Gasteiger partial charge >= 0.3 is 5.97 Å². The molecule has 21 heavy (non-hydrogen) atoms. The van der Waals surface area contributed by atoms with Gasteiger partial charge in [0.25, 0.3) is 5.91 Å². The molecule has 0 spiro atoms. The second-order valence-corrected chi connectivity index (χ2v) is 5.67. The van der Waals surface area contributed by atoms with E-state index in [1.165, 1.54) is 6.07 Å². The van der Waals surface area contributed by atoms with Gasteiger partial charge in [0.05, 0.1) is 19.3 Å². The van der Waals surface area contributed by atoms with E-state index in [0.29, 0.717) is 17.7 Å². The minimum atomic E-state index is -1.12. The molecule has 2 atom stereocenters. The highest BCUT2D eigenvalue weighted by molar-refractivity contribution is 6.29. The van der Waals surface area contributed by atoms with Crippen LogP contribution in [0.25, 0.3) is 0 Å². The van der Waals surface area contributed by atoms with Crippen molar-refractivity contribution in [1.82, 2.24) is 10.3 Å². The lowest BCUT2D eigenvalue weighted by atomic mass is 9.85. The average molecular weight is 313 g/mol. The van der Waals surface area contributed by atoms with Crippen LogP contribution in [0.15, 0.2) is 12.1 Å². The lowest BCUT2D eigenvalue weighted by Crippen LogP contribution is -2.49. The Balaban J connectivity index is 2.18. The monoisotopic (exact) mass is 312 g/mol. The fourth-order valence-electron chi connectivity index (χ4n) is 2.19. The zero-order valence-corrected chi connectivity index (χ0v) is 12.6. The molecule has 2 heterocycles. The summed E-state index contributed by atoms with van der Waals surface area (Å²) < 4.78 is 5.21. The number of carbonyl (C=O) groups is 2. The van der Waals surface area contributed by atoms with Gasteiger partial charge in [0, 0.05) is 11.3 Å². The second-order valence-electron chi connectivity index (χ2n) is 5.29. The number of aromatic nitrogens is 1. The zero-order valence-electron chi connectivity index (χ0n) is 11.9. The number of ether oxygens (including phenoxy) is 1. The molecule has 1 aliphatic heterocycles. The maximum atomic E-state index is 12.3. The number of halogens is 1. The molecule has 1 aromatic rings. The Bertz CT molecular complexity index is 578. The summed E-state index contributed by atoms with van der Waals surface area (Å²) in [5, 5.41) is 12.2. The number of nitrogens with one attached hydrogen (secondary N) is 1. The Morgan fingerprint density at radius 2 is 2.29 bits per heavy atom. The number of hydrogen-bond acceptors (Lipinski definition) is 4. The molecule has 2 rings (SSSR count). The fraction of sp³-hybridized carbons (Fsp3) is 0.500. The number of carboxylic acid groups (broad SMARTS) is 1. The van der Waals surface area contributed by atoms with Crippen molar-refractivity contribution in [3.8, 4) is 0 Å². The number of carbonyl (C=O) groups excluding carboxylic acids is 1. The van der Waals surface area contributed by atoms with Crippen LogP contribution < -0.4 is 5.32 Å². The summed E-state index contributed by atoms with van der Waals surface area (Å²) in [6.45, 7) is 3.72. The zero-order chi connectivity index (χ0) is 15.6. The minimum absolute atomic E-state index is 0.0740. The number of rotatable bonds is 4. The highest BCUT2D eigenvalue weighted by Gasteiger charge is 2.47. The Morgan fingerprint density at radius 1 is 1.57 bits per heavy atom. The van der Waals surface area contributed by atoms with Crippen molar-refractivity contribution in [3.05, 3.63) is 28.5 Å². The first-order valence-corrected chi connectivity index (χ1v) is 7.03. The largest absolute Gasteiger partial charge is 0.481 e. The predicted molar refractivity (Wildman–Crippen MR) is 76.4 cm³/mol. The Hall–Kier alpha value is -1.66. The molecule has 0 bridgehead atoms. The summed E-state index contributed by atoms with van der Waals surface area (Å²) in [6.07, 6.45) is 0.653. The molecule has 6 nitrogen and oxygen atoms in total. The van der Waals surface area contributed by atoms with Crippen LogP contribution >= 0.6 is 11.6 Å². The number of aryl methyl sites for hydroxylation is 1. The van der Waals surface area contributed by atoms with E-state index in [0.717, 1.165) is 0 Å². The number of hydrogen-bond donors (Lipinski definition) is 2. The van der Waals surface area contributed by atoms with E-state index < -0.39 is 17.4 Å². The smallest absolute Gasteiger partial charge is 0.313 e. The quantitative estimate of drug-likeness (QED) is 0.823. The van der Waals surface area contributed by atoms with Gasteiger partial charge in [-0.1, -0.05) is 18.5 Å². The lowest BCUT2D eigenvalue weighted by molar-refractivity contribution is -0.148. The van der Waals surface area contributed by atoms with Crippen LogP contribution in [0.1, 0.15) is 29.9 Å². The van der Waals surface area contributed by atoms with Crippen molar-refractivity contribution >= 4 is 23.5 Å². The Kier molecular flexibility index (Phi) is 4.49. The van der Waals surface area contributed by atoms with E-state index >= 15 is 0 Å². The van der Waals surface area contributed by atoms with Crippen molar-refractivity contribution in [2.45, 2.75) is 26.3 Å². The molecule has 2 N–H and O–H groups in total. The number of amides is 1. The van der Waals surface area contributed by atoms with Crippen molar-refractivity contribution in [3.63, 3.8) is 0 Å². The number of nitrogens with zero attached hydrogens (tertiary/aromatic N) is 1. The average Bonchev–Trinajstić information content (AvgIpc) is 2.80. The van der Waals surface area contributed by atoms with Crippen LogP contribution in [0.2, 0.25) is 5.15 Å². The molecular formula is C14H17ClN2O4. The molecule has 0 aromatic carbocycles. The molecule has 7 heteroatoms. The topological polar surface area (TPSA) is 88.5 Å². The third kappa shape index (κ3) is 3.16. The van der Waals surface area contributed by atoms with Crippen LogP contribution in [-0.2, 0) is 16.0 Å². The predicted octanol–water partition coefficient (Wildman–Crippen LogP) is 1.52. The van der Waals surface area contributed by atoms with Crippen molar-refractivity contribution in [2.24, 2.45) is 5.41 Å². The first kappa shape index (κ1) is 15.7. The van der Waals surface area contributed by atoms with Crippen molar-refractivity contribution < 1.29 is 19.4 Å². The van der Waals surface area contributed by atoms with E-state index in [-0.39, 0.29) is 24.3 Å². The number of carboxylic acids is 1. The van der Waals surface area contributed by atoms with Crippen LogP contribution in [-0.4, -0.2) is 41.2 Å². The molecule has 1 amide bonds. The fourth-order valence-corrected chi connectivity index (χ4v) is 2.42. The van der Waals surface area contributed by atoms with E-state index in [9.17, 15) is 14.7 Å². The molecule has 0 aliphatic carbocycles. The van der Waals surface area contributed by atoms with Gasteiger partial charge in [0.15, 0.2) is 0 Å². The van der Waals surface area contributed by atoms with Gasteiger partial charge in [-0.25, -0.2) is 4.98 Å². The summed E-state index contributed by atoms with van der Waals surface area (Å²) in [4.78, 5) is 27.7. The normalized spacial score (nSPS) is 24.8. The van der Waals surface area contributed by atoms with Gasteiger partial charge in [-0.3, -0.25) is 9.59 Å². The van der Waals surface area contributed by atoms with E-state index in [2.05, 4.69) is 10.3 Å². The second kappa shape index (κ2) is 5.99. The summed E-state index contributed by atoms with van der Waals surface area (Å²) in [5.41, 5.74) is -0.0529. The highest BCUT2D eigenvalue weighted by atomic mass is 35.5. The summed E-state index contributed by atoms with van der Waals surface area (Å²) >= 11 is 5.89. The molecule has 2 unspecified atom stereocenters. The lowest BCUT2D eigenvalue weighted by Gasteiger charge is -2.25. The van der Waals surface area contributed by atoms with Crippen LogP contribution in [0.3, 0.4) is 0 Å².